The van der Waals surface area contributed by atoms with Gasteiger partial charge in [0.25, 0.3) is 0 Å². The number of fused-ring (bicyclic) bond motifs is 4. The standard InChI is InChI=1S/C54H84O28S2/c1-23(2)11-10-16-53(8)44-27(56)19-52(7)26-12-13-31-50(4,5)32(15-17-51(31,6)25(26)14-18-54(44,52)49(64)81-53)77-48-43(35(59)30(21-72-48)82-84(68,69)70)80-45-37(61)36(60)40(24(3)74-45)78-47-39(63)42(34(58)29(76-47)22-73-83(65,66)67)79-46-38(62)41(71-9)33(57)28(20-55)75-46/h12,24-25,28-48,55,57-63H,1,10-11,13-22H2,2-9H3,(H,65,66,67)(H,68,69,70)/t24-,25-,28-,29-,30-,31-,32+,33-,34-,35+,36-,37-,38-,39-,40-,41+,42+,43-,44+,45+,46+,47+,48+,51-,52+,53+,54+/m1/s1. The van der Waals surface area contributed by atoms with E-state index in [2.05, 4.69) is 30.7 Å². The van der Waals surface area contributed by atoms with Gasteiger partial charge in [-0.2, -0.15) is 16.8 Å². The molecule has 9 aliphatic rings. The maximum atomic E-state index is 14.4. The van der Waals surface area contributed by atoms with Crippen molar-refractivity contribution in [3.8, 4) is 0 Å². The van der Waals surface area contributed by atoms with Crippen LogP contribution in [-0.4, -0.2) is 234 Å². The van der Waals surface area contributed by atoms with Crippen LogP contribution in [-0.2, 0) is 86.1 Å². The van der Waals surface area contributed by atoms with Crippen LogP contribution in [0.25, 0.3) is 0 Å². The van der Waals surface area contributed by atoms with E-state index in [1.165, 1.54) is 6.92 Å². The number of hydrogen-bond acceptors (Lipinski definition) is 26. The van der Waals surface area contributed by atoms with Crippen molar-refractivity contribution in [1.82, 2.24) is 0 Å². The van der Waals surface area contributed by atoms with Crippen LogP contribution in [0.3, 0.4) is 0 Å². The molecule has 5 saturated heterocycles. The molecule has 0 amide bonds. The van der Waals surface area contributed by atoms with Crippen molar-refractivity contribution in [3.05, 3.63) is 23.8 Å². The second kappa shape index (κ2) is 24.1. The Morgan fingerprint density at radius 3 is 1.99 bits per heavy atom. The number of ether oxygens (including phenoxy) is 10. The van der Waals surface area contributed by atoms with Gasteiger partial charge in [-0.1, -0.05) is 44.9 Å². The van der Waals surface area contributed by atoms with Gasteiger partial charge in [0.1, 0.15) is 96.8 Å². The van der Waals surface area contributed by atoms with Gasteiger partial charge in [-0.25, -0.2) is 8.37 Å². The molecular formula is C54H84O28S2. The molecule has 1 spiro atoms. The predicted molar refractivity (Wildman–Crippen MR) is 282 cm³/mol. The van der Waals surface area contributed by atoms with Crippen LogP contribution in [0.4, 0.5) is 0 Å². The van der Waals surface area contributed by atoms with Crippen molar-refractivity contribution in [3.63, 3.8) is 0 Å². The number of carbonyl (C=O) groups is 2. The van der Waals surface area contributed by atoms with Crippen LogP contribution in [0.15, 0.2) is 23.8 Å². The Labute approximate surface area is 487 Å². The molecule has 8 fully saturated rings. The van der Waals surface area contributed by atoms with Crippen molar-refractivity contribution in [2.24, 2.45) is 39.4 Å². The number of esters is 1. The summed E-state index contributed by atoms with van der Waals surface area (Å²) in [6.45, 7) is 15.0. The van der Waals surface area contributed by atoms with Gasteiger partial charge in [0.2, 0.25) is 0 Å². The second-order valence-corrected chi connectivity index (χ2v) is 28.0. The van der Waals surface area contributed by atoms with Gasteiger partial charge < -0.3 is 88.2 Å². The SMILES string of the molecule is C=C(C)CCC[C@]1(C)OC(=O)[C@@]23CC[C@@H]4C(=CC[C@@H]5C(C)(C)[C@@H](O[C@@H]6OC[C@@H](OS(=O)(=O)O)[C@H](O)[C@H]6O[C@@H]6O[C@H](C)[C@@H](O[C@@H]7O[C@H](COS(=O)(=O)O)[C@@H](O)[C@H](O[C@@H]8O[C@H](CO)[C@@H](O)[C@H](OC)[C@H]8O)[C@H]7O)[C@H](O)[C@H]6O)CC[C@]45C)[C@]2(C)CC(=O)[C@@H]13. The number of aliphatic hydroxyl groups is 8. The molecule has 0 aromatic rings. The minimum atomic E-state index is -5.22. The van der Waals surface area contributed by atoms with E-state index < -0.39 is 191 Å². The van der Waals surface area contributed by atoms with Crippen molar-refractivity contribution >= 4 is 32.6 Å². The molecule has 5 aliphatic heterocycles. The van der Waals surface area contributed by atoms with Crippen molar-refractivity contribution < 1.29 is 132 Å². The molecule has 0 aromatic heterocycles. The van der Waals surface area contributed by atoms with Gasteiger partial charge in [0.15, 0.2) is 25.2 Å². The molecule has 3 saturated carbocycles. The van der Waals surface area contributed by atoms with Crippen LogP contribution < -0.4 is 0 Å². The average Bonchev–Trinajstić information content (AvgIpc) is 1.61. The number of rotatable bonds is 19. The van der Waals surface area contributed by atoms with E-state index in [0.29, 0.717) is 38.5 Å². The normalized spacial score (nSPS) is 48.5. The van der Waals surface area contributed by atoms with E-state index in [-0.39, 0.29) is 35.4 Å². The number of methoxy groups -OCH3 is 1. The quantitative estimate of drug-likeness (QED) is 0.0440. The van der Waals surface area contributed by atoms with Crippen LogP contribution in [0, 0.1) is 39.4 Å². The summed E-state index contributed by atoms with van der Waals surface area (Å²) in [5.74, 6) is -0.907. The van der Waals surface area contributed by atoms with E-state index in [0.717, 1.165) is 31.1 Å². The molecular weight excluding hydrogens is 1160 g/mol. The zero-order chi connectivity index (χ0) is 61.8. The first kappa shape index (κ1) is 66.1. The first-order valence-electron chi connectivity index (χ1n) is 28.6. The summed E-state index contributed by atoms with van der Waals surface area (Å²) in [6, 6.07) is 0. The minimum Gasteiger partial charge on any atom is -0.458 e. The third-order valence-electron chi connectivity index (χ3n) is 20.3. The molecule has 27 atom stereocenters. The smallest absolute Gasteiger partial charge is 0.397 e. The van der Waals surface area contributed by atoms with Gasteiger partial charge in [-0.05, 0) is 94.8 Å². The Bertz CT molecular complexity index is 2690. The van der Waals surface area contributed by atoms with E-state index in [9.17, 15) is 76.4 Å². The van der Waals surface area contributed by atoms with E-state index >= 15 is 0 Å². The minimum absolute atomic E-state index is 0.00406. The maximum Gasteiger partial charge on any atom is 0.397 e. The molecule has 0 radical (unpaired) electrons. The highest BCUT2D eigenvalue weighted by atomic mass is 32.3. The van der Waals surface area contributed by atoms with Gasteiger partial charge >= 0.3 is 26.8 Å². The Hall–Kier alpha value is -2.32. The van der Waals surface area contributed by atoms with Crippen molar-refractivity contribution in [2.45, 2.75) is 235 Å². The fourth-order valence-corrected chi connectivity index (χ4v) is 17.0. The number of hydrogen-bond donors (Lipinski definition) is 10. The van der Waals surface area contributed by atoms with Crippen molar-refractivity contribution in [2.75, 3.05) is 26.9 Å². The van der Waals surface area contributed by atoms with Crippen LogP contribution in [0.5, 0.6) is 0 Å². The number of cyclic esters (lactones) is 1. The molecule has 30 heteroatoms. The topological polar surface area (TPSA) is 415 Å². The van der Waals surface area contributed by atoms with Gasteiger partial charge in [0.05, 0.1) is 43.4 Å². The zero-order valence-electron chi connectivity index (χ0n) is 48.2. The summed E-state index contributed by atoms with van der Waals surface area (Å²) in [5.41, 5.74) is -1.61. The Morgan fingerprint density at radius 2 is 1.36 bits per heavy atom. The lowest BCUT2D eigenvalue weighted by Gasteiger charge is -2.63. The lowest BCUT2D eigenvalue weighted by Crippen LogP contribution is -2.67. The van der Waals surface area contributed by atoms with Crippen LogP contribution in [0.2, 0.25) is 0 Å². The van der Waals surface area contributed by atoms with Gasteiger partial charge in [0, 0.05) is 18.9 Å². The first-order chi connectivity index (χ1) is 39.1. The van der Waals surface area contributed by atoms with Crippen molar-refractivity contribution in [1.29, 1.82) is 0 Å². The fourth-order valence-electron chi connectivity index (χ4n) is 16.2. The second-order valence-electron chi connectivity index (χ2n) is 25.8. The molecule has 28 nitrogen and oxygen atoms in total. The molecule has 9 rings (SSSR count). The number of aliphatic hydroxyl groups excluding tert-OH is 8. The Balaban J connectivity index is 0.917. The average molecular weight is 1250 g/mol. The fraction of sp³-hybridized carbons (Fsp3) is 0.889. The lowest BCUT2D eigenvalue weighted by atomic mass is 9.41. The molecule has 480 valence electrons. The molecule has 84 heavy (non-hydrogen) atoms. The summed E-state index contributed by atoms with van der Waals surface area (Å²) in [4.78, 5) is 28.7. The number of ketones is 1. The maximum absolute atomic E-state index is 14.4. The van der Waals surface area contributed by atoms with E-state index in [1.807, 2.05) is 27.7 Å². The number of Topliss-reactive ketones (excluding diaryl/α,β-unsaturated/α-hetero) is 1. The summed E-state index contributed by atoms with van der Waals surface area (Å²) in [5, 5.41) is 89.5. The number of allylic oxidation sites excluding steroid dienone is 3. The van der Waals surface area contributed by atoms with E-state index in [4.69, 9.17) is 51.6 Å². The molecule has 0 bridgehead atoms. The summed E-state index contributed by atoms with van der Waals surface area (Å²) >= 11 is 0. The third-order valence-corrected chi connectivity index (χ3v) is 21.2. The van der Waals surface area contributed by atoms with Crippen LogP contribution in [0.1, 0.15) is 106 Å². The Morgan fingerprint density at radius 1 is 0.738 bits per heavy atom. The van der Waals surface area contributed by atoms with E-state index in [1.54, 1.807) is 0 Å². The molecule has 0 aromatic carbocycles. The summed E-state index contributed by atoms with van der Waals surface area (Å²) < 4.78 is 135. The van der Waals surface area contributed by atoms with Gasteiger partial charge in [-0.15, -0.1) is 6.58 Å². The first-order valence-corrected chi connectivity index (χ1v) is 31.3. The molecule has 5 heterocycles. The Kier molecular flexibility index (Phi) is 19.0. The largest absolute Gasteiger partial charge is 0.458 e. The summed E-state index contributed by atoms with van der Waals surface area (Å²) in [6.07, 6.45) is -27.9. The molecule has 10 N–H and O–H groups in total. The monoisotopic (exact) mass is 1240 g/mol. The highest BCUT2D eigenvalue weighted by Crippen LogP contribution is 2.75. The number of carbonyl (C=O) groups excluding carboxylic acids is 2. The van der Waals surface area contributed by atoms with Gasteiger partial charge in [-0.3, -0.25) is 18.7 Å². The molecule has 0 unspecified atom stereocenters. The highest BCUT2D eigenvalue weighted by molar-refractivity contribution is 7.81. The lowest BCUT2D eigenvalue weighted by molar-refractivity contribution is -0.389. The third kappa shape index (κ3) is 11.8. The van der Waals surface area contributed by atoms with Crippen LogP contribution >= 0.6 is 0 Å². The molecule has 4 aliphatic carbocycles. The summed E-state index contributed by atoms with van der Waals surface area (Å²) in [7, 11) is -9.27. The predicted octanol–water partition coefficient (Wildman–Crippen LogP) is -0.555. The zero-order valence-corrected chi connectivity index (χ0v) is 49.8. The highest BCUT2D eigenvalue weighted by Gasteiger charge is 2.79.